The van der Waals surface area contributed by atoms with Gasteiger partial charge in [-0.05, 0) is 69.2 Å². The molecular formula is C20H23NO4. The fraction of sp³-hybridized carbons (Fsp3) is 0.300. The summed E-state index contributed by atoms with van der Waals surface area (Å²) in [5.41, 5.74) is 3.09. The molecule has 0 bridgehead atoms. The molecule has 132 valence electrons. The van der Waals surface area contributed by atoms with Crippen molar-refractivity contribution in [2.24, 2.45) is 0 Å². The summed E-state index contributed by atoms with van der Waals surface area (Å²) >= 11 is 0. The van der Waals surface area contributed by atoms with Crippen molar-refractivity contribution in [1.29, 1.82) is 0 Å². The van der Waals surface area contributed by atoms with E-state index in [0.29, 0.717) is 17.0 Å². The normalized spacial score (nSPS) is 10.4. The Morgan fingerprint density at radius 3 is 2.36 bits per heavy atom. The first-order chi connectivity index (χ1) is 11.8. The lowest BCUT2D eigenvalue weighted by Gasteiger charge is -2.11. The number of carbonyl (C=O) groups excluding carboxylic acids is 2. The third kappa shape index (κ3) is 5.64. The molecule has 0 fully saturated rings. The highest BCUT2D eigenvalue weighted by molar-refractivity contribution is 5.93. The van der Waals surface area contributed by atoms with Crippen LogP contribution in [0.2, 0.25) is 0 Å². The predicted octanol–water partition coefficient (Wildman–Crippen LogP) is 3.89. The maximum Gasteiger partial charge on any atom is 0.338 e. The van der Waals surface area contributed by atoms with Gasteiger partial charge in [-0.1, -0.05) is 12.1 Å². The lowest BCUT2D eigenvalue weighted by atomic mass is 10.1. The fourth-order valence-corrected chi connectivity index (χ4v) is 2.17. The average molecular weight is 341 g/mol. The molecular weight excluding hydrogens is 318 g/mol. The van der Waals surface area contributed by atoms with Gasteiger partial charge in [0.2, 0.25) is 0 Å². The Hall–Kier alpha value is -2.82. The summed E-state index contributed by atoms with van der Waals surface area (Å²) in [4.78, 5) is 23.8. The zero-order valence-electron chi connectivity index (χ0n) is 15.0. The van der Waals surface area contributed by atoms with Crippen LogP contribution in [0, 0.1) is 13.8 Å². The van der Waals surface area contributed by atoms with Crippen LogP contribution in [0.4, 0.5) is 5.69 Å². The quantitative estimate of drug-likeness (QED) is 0.810. The molecule has 0 aromatic heterocycles. The monoisotopic (exact) mass is 341 g/mol. The second kappa shape index (κ2) is 8.33. The summed E-state index contributed by atoms with van der Waals surface area (Å²) in [7, 11) is 0. The van der Waals surface area contributed by atoms with E-state index < -0.39 is 0 Å². The summed E-state index contributed by atoms with van der Waals surface area (Å²) in [5.74, 6) is 0.0477. The third-order valence-corrected chi connectivity index (χ3v) is 3.45. The van der Waals surface area contributed by atoms with Gasteiger partial charge in [0.15, 0.2) is 6.61 Å². The molecule has 5 nitrogen and oxygen atoms in total. The Labute approximate surface area is 148 Å². The highest BCUT2D eigenvalue weighted by Crippen LogP contribution is 2.19. The molecule has 0 saturated heterocycles. The number of rotatable bonds is 6. The molecule has 0 radical (unpaired) electrons. The van der Waals surface area contributed by atoms with Crippen molar-refractivity contribution < 1.29 is 19.1 Å². The van der Waals surface area contributed by atoms with Crippen molar-refractivity contribution in [2.75, 3.05) is 11.9 Å². The molecule has 1 N–H and O–H groups in total. The number of aryl methyl sites for hydroxylation is 2. The van der Waals surface area contributed by atoms with Gasteiger partial charge in [-0.25, -0.2) is 4.79 Å². The number of benzene rings is 2. The molecule has 0 unspecified atom stereocenters. The largest absolute Gasteiger partial charge is 0.483 e. The summed E-state index contributed by atoms with van der Waals surface area (Å²) in [6, 6.07) is 12.4. The van der Waals surface area contributed by atoms with Gasteiger partial charge < -0.3 is 14.8 Å². The smallest absolute Gasteiger partial charge is 0.338 e. The minimum Gasteiger partial charge on any atom is -0.483 e. The van der Waals surface area contributed by atoms with Crippen molar-refractivity contribution >= 4 is 17.6 Å². The Morgan fingerprint density at radius 2 is 1.72 bits per heavy atom. The van der Waals surface area contributed by atoms with Crippen LogP contribution in [0.1, 0.15) is 35.3 Å². The molecule has 0 saturated carbocycles. The highest BCUT2D eigenvalue weighted by atomic mass is 16.5. The first-order valence-electron chi connectivity index (χ1n) is 8.16. The van der Waals surface area contributed by atoms with Crippen LogP contribution >= 0.6 is 0 Å². The van der Waals surface area contributed by atoms with Gasteiger partial charge in [-0.3, -0.25) is 4.79 Å². The van der Waals surface area contributed by atoms with Gasteiger partial charge in [0.1, 0.15) is 5.75 Å². The van der Waals surface area contributed by atoms with Crippen LogP contribution in [0.3, 0.4) is 0 Å². The molecule has 0 spiro atoms. The number of anilines is 1. The van der Waals surface area contributed by atoms with Gasteiger partial charge in [0.25, 0.3) is 5.91 Å². The molecule has 25 heavy (non-hydrogen) atoms. The molecule has 0 heterocycles. The summed E-state index contributed by atoms with van der Waals surface area (Å²) < 4.78 is 10.7. The van der Waals surface area contributed by atoms with E-state index in [4.69, 9.17) is 9.47 Å². The molecule has 0 atom stereocenters. The number of hydrogen-bond donors (Lipinski definition) is 1. The van der Waals surface area contributed by atoms with E-state index in [-0.39, 0.29) is 24.6 Å². The summed E-state index contributed by atoms with van der Waals surface area (Å²) in [6.07, 6.45) is -0.172. The van der Waals surface area contributed by atoms with Crippen molar-refractivity contribution in [3.05, 3.63) is 59.2 Å². The number of esters is 1. The molecule has 2 rings (SSSR count). The second-order valence-electron chi connectivity index (χ2n) is 6.14. The van der Waals surface area contributed by atoms with E-state index in [0.717, 1.165) is 11.1 Å². The van der Waals surface area contributed by atoms with E-state index in [2.05, 4.69) is 5.32 Å². The molecule has 5 heteroatoms. The molecule has 2 aromatic carbocycles. The fourth-order valence-electron chi connectivity index (χ4n) is 2.17. The highest BCUT2D eigenvalue weighted by Gasteiger charge is 2.10. The van der Waals surface area contributed by atoms with Gasteiger partial charge in [0, 0.05) is 5.69 Å². The molecule has 0 aliphatic heterocycles. The first kappa shape index (κ1) is 18.5. The van der Waals surface area contributed by atoms with Crippen molar-refractivity contribution in [3.63, 3.8) is 0 Å². The second-order valence-corrected chi connectivity index (χ2v) is 6.14. The van der Waals surface area contributed by atoms with E-state index >= 15 is 0 Å². The van der Waals surface area contributed by atoms with Crippen molar-refractivity contribution in [3.8, 4) is 5.75 Å². The van der Waals surface area contributed by atoms with Crippen LogP contribution in [0.25, 0.3) is 0 Å². The minimum atomic E-state index is -0.383. The van der Waals surface area contributed by atoms with Crippen molar-refractivity contribution in [1.82, 2.24) is 0 Å². The zero-order valence-corrected chi connectivity index (χ0v) is 15.0. The van der Waals surface area contributed by atoms with Crippen LogP contribution in [0.15, 0.2) is 42.5 Å². The average Bonchev–Trinajstić information content (AvgIpc) is 2.55. The SMILES string of the molecule is Cc1ccc(C)c(OCC(=O)Nc2ccc(C(=O)OC(C)C)cc2)c1. The van der Waals surface area contributed by atoms with E-state index in [1.807, 2.05) is 32.0 Å². The minimum absolute atomic E-state index is 0.0819. The standard InChI is InChI=1S/C20H23NO4/c1-13(2)25-20(23)16-7-9-17(10-8-16)21-19(22)12-24-18-11-14(3)5-6-15(18)4/h5-11,13H,12H2,1-4H3,(H,21,22). The Balaban J connectivity index is 1.90. The molecule has 0 aliphatic rings. The summed E-state index contributed by atoms with van der Waals surface area (Å²) in [6.45, 7) is 7.41. The number of amides is 1. The lowest BCUT2D eigenvalue weighted by molar-refractivity contribution is -0.118. The van der Waals surface area contributed by atoms with Crippen LogP contribution in [-0.2, 0) is 9.53 Å². The van der Waals surface area contributed by atoms with Gasteiger partial charge in [-0.15, -0.1) is 0 Å². The predicted molar refractivity (Wildman–Crippen MR) is 97.0 cm³/mol. The van der Waals surface area contributed by atoms with Crippen molar-refractivity contribution in [2.45, 2.75) is 33.8 Å². The molecule has 0 aliphatic carbocycles. The van der Waals surface area contributed by atoms with Gasteiger partial charge in [-0.2, -0.15) is 0 Å². The van der Waals surface area contributed by atoms with E-state index in [1.165, 1.54) is 0 Å². The van der Waals surface area contributed by atoms with Gasteiger partial charge in [0.05, 0.1) is 11.7 Å². The van der Waals surface area contributed by atoms with E-state index in [1.54, 1.807) is 38.1 Å². The number of nitrogens with one attached hydrogen (secondary N) is 1. The van der Waals surface area contributed by atoms with Crippen LogP contribution in [0.5, 0.6) is 5.75 Å². The third-order valence-electron chi connectivity index (χ3n) is 3.45. The van der Waals surface area contributed by atoms with Gasteiger partial charge >= 0.3 is 5.97 Å². The maximum atomic E-state index is 12.0. The summed E-state index contributed by atoms with van der Waals surface area (Å²) in [5, 5.41) is 2.74. The maximum absolute atomic E-state index is 12.0. The number of hydrogen-bond acceptors (Lipinski definition) is 4. The van der Waals surface area contributed by atoms with Crippen LogP contribution in [-0.4, -0.2) is 24.6 Å². The van der Waals surface area contributed by atoms with E-state index in [9.17, 15) is 9.59 Å². The Bertz CT molecular complexity index is 751. The number of ether oxygens (including phenoxy) is 2. The Kier molecular flexibility index (Phi) is 6.17. The van der Waals surface area contributed by atoms with Crippen LogP contribution < -0.4 is 10.1 Å². The Morgan fingerprint density at radius 1 is 1.04 bits per heavy atom. The first-order valence-corrected chi connectivity index (χ1v) is 8.16. The number of carbonyl (C=O) groups is 2. The topological polar surface area (TPSA) is 64.6 Å². The zero-order chi connectivity index (χ0) is 18.4. The molecule has 2 aromatic rings. The lowest BCUT2D eigenvalue weighted by Crippen LogP contribution is -2.20. The molecule has 1 amide bonds.